The molecular formula is C44H53N4O10P. The van der Waals surface area contributed by atoms with Crippen LogP contribution in [0.2, 0.25) is 0 Å². The minimum atomic E-state index is -1.76. The Bertz CT molecular complexity index is 2150. The number of methoxy groups -OCH3 is 2. The van der Waals surface area contributed by atoms with Gasteiger partial charge in [-0.3, -0.25) is 23.8 Å². The molecule has 0 aliphatic carbocycles. The van der Waals surface area contributed by atoms with Crippen molar-refractivity contribution in [1.82, 2.24) is 14.2 Å². The van der Waals surface area contributed by atoms with Gasteiger partial charge in [-0.2, -0.15) is 5.26 Å². The number of nitrogens with zero attached hydrogens (tertiary/aromatic N) is 3. The number of aromatic nitrogens is 2. The molecule has 1 N–H and O–H groups in total. The van der Waals surface area contributed by atoms with Gasteiger partial charge in [-0.05, 0) is 82.5 Å². The summed E-state index contributed by atoms with van der Waals surface area (Å²) >= 11 is 0. The maximum absolute atomic E-state index is 13.7. The second-order valence-corrected chi connectivity index (χ2v) is 17.5. The average Bonchev–Trinajstić information content (AvgIpc) is 3.69. The van der Waals surface area contributed by atoms with Crippen molar-refractivity contribution in [3.05, 3.63) is 129 Å². The van der Waals surface area contributed by atoms with Crippen molar-refractivity contribution in [3.63, 3.8) is 0 Å². The lowest BCUT2D eigenvalue weighted by atomic mass is 9.79. The SMILES string of the molecule is COc1ccc(C(OC[C@]23COC(C2OP(CC(=O)OC(C)(C)CC#N)N(C(C)C)C(C)C)[C@H](n2ccc(=O)[nH]c2=O)O3)(c2ccccc2)c2ccc(OC)cc2)cc1. The number of nitrogens with one attached hydrogen (secondary N) is 1. The monoisotopic (exact) mass is 828 g/mol. The maximum Gasteiger partial charge on any atom is 0.330 e. The Morgan fingerprint density at radius 1 is 0.932 bits per heavy atom. The summed E-state index contributed by atoms with van der Waals surface area (Å²) in [4.78, 5) is 41.5. The Morgan fingerprint density at radius 2 is 1.51 bits per heavy atom. The average molecular weight is 829 g/mol. The molecule has 0 saturated carbocycles. The van der Waals surface area contributed by atoms with Crippen LogP contribution >= 0.6 is 8.30 Å². The summed E-state index contributed by atoms with van der Waals surface area (Å²) in [5, 5.41) is 9.38. The van der Waals surface area contributed by atoms with Crippen LogP contribution in [-0.4, -0.2) is 89.3 Å². The molecule has 3 unspecified atom stereocenters. The van der Waals surface area contributed by atoms with E-state index in [0.29, 0.717) is 11.5 Å². The van der Waals surface area contributed by atoms with E-state index in [-0.39, 0.29) is 37.9 Å². The number of benzene rings is 3. The van der Waals surface area contributed by atoms with Crippen LogP contribution in [0.25, 0.3) is 0 Å². The molecule has 2 saturated heterocycles. The first kappa shape index (κ1) is 43.7. The molecule has 2 aliphatic heterocycles. The van der Waals surface area contributed by atoms with Gasteiger partial charge in [-0.1, -0.05) is 54.6 Å². The Labute approximate surface area is 345 Å². The van der Waals surface area contributed by atoms with Gasteiger partial charge in [0.15, 0.2) is 6.23 Å². The minimum Gasteiger partial charge on any atom is -0.497 e. The molecule has 3 aromatic carbocycles. The first-order chi connectivity index (χ1) is 28.2. The van der Waals surface area contributed by atoms with Crippen LogP contribution < -0.4 is 20.7 Å². The second kappa shape index (κ2) is 18.2. The zero-order chi connectivity index (χ0) is 42.5. The standard InChI is InChI=1S/C44H53N4O10P/c1-29(2)48(30(3)4)59(26-37(50)56-42(5,6)23-24-45)58-39-38-40(47-25-22-36(49)46-41(47)51)57-43(39,27-54-38)28-55-44(31-12-10-9-11-13-31,32-14-18-34(52-7)19-15-32)33-16-20-35(53-8)21-17-33/h9-22,25,29-30,38-40H,23,26-28H2,1-8H3,(H,46,49,51)/t38?,39?,40-,43-,59?/m1/s1. The number of carbonyl (C=O) groups excluding carboxylic acids is 1. The van der Waals surface area contributed by atoms with Gasteiger partial charge in [0.2, 0.25) is 0 Å². The van der Waals surface area contributed by atoms with E-state index >= 15 is 0 Å². The highest BCUT2D eigenvalue weighted by Crippen LogP contribution is 2.55. The van der Waals surface area contributed by atoms with Crippen molar-refractivity contribution in [2.24, 2.45) is 0 Å². The topological polar surface area (TPSA) is 164 Å². The Kier molecular flexibility index (Phi) is 13.5. The highest BCUT2D eigenvalue weighted by Gasteiger charge is 2.65. The van der Waals surface area contributed by atoms with Gasteiger partial charge in [0.05, 0.1) is 39.9 Å². The first-order valence-corrected chi connectivity index (χ1v) is 21.0. The molecule has 4 aromatic rings. The first-order valence-electron chi connectivity index (χ1n) is 19.6. The summed E-state index contributed by atoms with van der Waals surface area (Å²) < 4.78 is 48.3. The number of H-pyrrole nitrogens is 1. The number of carbonyl (C=O) groups is 1. The molecule has 14 nitrogen and oxygen atoms in total. The van der Waals surface area contributed by atoms with E-state index in [1.54, 1.807) is 28.1 Å². The van der Waals surface area contributed by atoms with Crippen LogP contribution in [0.3, 0.4) is 0 Å². The van der Waals surface area contributed by atoms with Gasteiger partial charge < -0.3 is 32.9 Å². The fourth-order valence-corrected chi connectivity index (χ4v) is 10.1. The third-order valence-electron chi connectivity index (χ3n) is 10.5. The normalized spacial score (nSPS) is 20.8. The van der Waals surface area contributed by atoms with E-state index in [1.165, 1.54) is 16.8 Å². The number of nitriles is 1. The van der Waals surface area contributed by atoms with E-state index in [0.717, 1.165) is 16.7 Å². The predicted molar refractivity (Wildman–Crippen MR) is 221 cm³/mol. The minimum absolute atomic E-state index is 0.0174. The predicted octanol–water partition coefficient (Wildman–Crippen LogP) is 6.28. The fraction of sp³-hybridized carbons (Fsp3) is 0.455. The zero-order valence-electron chi connectivity index (χ0n) is 34.7. The molecule has 15 heteroatoms. The Hall–Kier alpha value is -4.87. The maximum atomic E-state index is 13.7. The number of esters is 1. The number of ether oxygens (including phenoxy) is 6. The molecule has 2 aliphatic rings. The van der Waals surface area contributed by atoms with Crippen molar-refractivity contribution >= 4 is 14.3 Å². The molecule has 3 heterocycles. The lowest BCUT2D eigenvalue weighted by Gasteiger charge is -2.42. The molecule has 2 bridgehead atoms. The lowest BCUT2D eigenvalue weighted by molar-refractivity contribution is -0.203. The van der Waals surface area contributed by atoms with E-state index in [4.69, 9.17) is 32.9 Å². The van der Waals surface area contributed by atoms with Gasteiger partial charge in [-0.25, -0.2) is 4.79 Å². The van der Waals surface area contributed by atoms with Crippen LogP contribution in [0, 0.1) is 11.3 Å². The molecule has 0 radical (unpaired) electrons. The third-order valence-corrected chi connectivity index (χ3v) is 13.0. The summed E-state index contributed by atoms with van der Waals surface area (Å²) in [5.74, 6) is 0.817. The number of rotatable bonds is 18. The summed E-state index contributed by atoms with van der Waals surface area (Å²) in [5.41, 5.74) is -2.42. The lowest BCUT2D eigenvalue weighted by Crippen LogP contribution is -2.49. The van der Waals surface area contributed by atoms with Gasteiger partial charge in [0.25, 0.3) is 5.56 Å². The highest BCUT2D eigenvalue weighted by atomic mass is 31.2. The highest BCUT2D eigenvalue weighted by molar-refractivity contribution is 7.51. The van der Waals surface area contributed by atoms with Crippen LogP contribution in [-0.2, 0) is 33.9 Å². The van der Waals surface area contributed by atoms with Gasteiger partial charge in [0.1, 0.15) is 55.0 Å². The Balaban J connectivity index is 1.48. The van der Waals surface area contributed by atoms with Gasteiger partial charge in [0, 0.05) is 24.3 Å². The second-order valence-electron chi connectivity index (χ2n) is 15.8. The number of hydrogen-bond donors (Lipinski definition) is 1. The Morgan fingerprint density at radius 3 is 2.03 bits per heavy atom. The number of aromatic amines is 1. The number of hydrogen-bond acceptors (Lipinski definition) is 12. The summed E-state index contributed by atoms with van der Waals surface area (Å²) in [6.45, 7) is 11.4. The van der Waals surface area contributed by atoms with Gasteiger partial charge >= 0.3 is 11.7 Å². The van der Waals surface area contributed by atoms with Crippen molar-refractivity contribution < 1.29 is 37.7 Å². The molecule has 314 valence electrons. The van der Waals surface area contributed by atoms with Crippen molar-refractivity contribution in [1.29, 1.82) is 5.26 Å². The molecule has 59 heavy (non-hydrogen) atoms. The van der Waals surface area contributed by atoms with Crippen LogP contribution in [0.1, 0.15) is 70.9 Å². The summed E-state index contributed by atoms with van der Waals surface area (Å²) in [6.07, 6.45) is -1.49. The molecule has 6 rings (SSSR count). The van der Waals surface area contributed by atoms with Crippen molar-refractivity contribution in [2.75, 3.05) is 33.6 Å². The van der Waals surface area contributed by atoms with Crippen molar-refractivity contribution in [3.8, 4) is 17.6 Å². The van der Waals surface area contributed by atoms with Crippen LogP contribution in [0.4, 0.5) is 0 Å². The number of fused-ring (bicyclic) bond motifs is 2. The fourth-order valence-electron chi connectivity index (χ4n) is 7.90. The van der Waals surface area contributed by atoms with Gasteiger partial charge in [-0.15, -0.1) is 0 Å². The quantitative estimate of drug-likeness (QED) is 0.0680. The molecule has 5 atom stereocenters. The molecule has 1 aromatic heterocycles. The largest absolute Gasteiger partial charge is 0.497 e. The third kappa shape index (κ3) is 9.16. The van der Waals surface area contributed by atoms with E-state index in [9.17, 15) is 19.6 Å². The van der Waals surface area contributed by atoms with Crippen LogP contribution in [0.5, 0.6) is 11.5 Å². The van der Waals surface area contributed by atoms with E-state index in [2.05, 4.69) is 15.7 Å². The van der Waals surface area contributed by atoms with Crippen molar-refractivity contribution in [2.45, 2.75) is 95.3 Å². The molecule has 2 fully saturated rings. The smallest absolute Gasteiger partial charge is 0.330 e. The summed E-state index contributed by atoms with van der Waals surface area (Å²) in [6, 6.07) is 28.4. The summed E-state index contributed by atoms with van der Waals surface area (Å²) in [7, 11) is 1.46. The molecular weight excluding hydrogens is 775 g/mol. The van der Waals surface area contributed by atoms with E-state index < -0.39 is 60.8 Å². The zero-order valence-corrected chi connectivity index (χ0v) is 35.6. The molecule has 0 amide bonds. The van der Waals surface area contributed by atoms with E-state index in [1.807, 2.05) is 107 Å². The van der Waals surface area contributed by atoms with Crippen LogP contribution in [0.15, 0.2) is 101 Å². The molecule has 0 spiro atoms.